The molecule has 0 fully saturated rings. The molecule has 2 rings (SSSR count). The Morgan fingerprint density at radius 2 is 2.32 bits per heavy atom. The first-order chi connectivity index (χ1) is 9.06. The lowest BCUT2D eigenvalue weighted by molar-refractivity contribution is 0.339. The van der Waals surface area contributed by atoms with Gasteiger partial charge in [0.1, 0.15) is 10.6 Å². The SMILES string of the molecule is C#CCSC1=NS(=O)(=O)c2cc(OCC)ccc2N1. The van der Waals surface area contributed by atoms with Crippen LogP contribution in [0.1, 0.15) is 6.92 Å². The van der Waals surface area contributed by atoms with Gasteiger partial charge in [0, 0.05) is 6.07 Å². The summed E-state index contributed by atoms with van der Waals surface area (Å²) >= 11 is 1.17. The molecule has 0 radical (unpaired) electrons. The topological polar surface area (TPSA) is 67.8 Å². The van der Waals surface area contributed by atoms with Crippen LogP contribution in [0.5, 0.6) is 5.75 Å². The van der Waals surface area contributed by atoms with Crippen LogP contribution in [0.15, 0.2) is 27.5 Å². The third-order valence-corrected chi connectivity index (χ3v) is 4.49. The maximum Gasteiger partial charge on any atom is 0.286 e. The molecule has 0 saturated heterocycles. The van der Waals surface area contributed by atoms with Gasteiger partial charge in [-0.05, 0) is 19.1 Å². The van der Waals surface area contributed by atoms with Gasteiger partial charge in [-0.1, -0.05) is 17.7 Å². The van der Waals surface area contributed by atoms with E-state index in [0.29, 0.717) is 23.8 Å². The number of nitrogens with zero attached hydrogens (tertiary/aromatic N) is 1. The summed E-state index contributed by atoms with van der Waals surface area (Å²) in [6.07, 6.45) is 5.14. The molecule has 100 valence electrons. The molecule has 7 heteroatoms. The Morgan fingerprint density at radius 1 is 1.53 bits per heavy atom. The van der Waals surface area contributed by atoms with Gasteiger partial charge in [-0.15, -0.1) is 10.8 Å². The largest absolute Gasteiger partial charge is 0.494 e. The third kappa shape index (κ3) is 3.03. The number of fused-ring (bicyclic) bond motifs is 1. The molecule has 5 nitrogen and oxygen atoms in total. The molecular formula is C12H12N2O3S2. The zero-order chi connectivity index (χ0) is 13.9. The number of anilines is 1. The van der Waals surface area contributed by atoms with Gasteiger partial charge in [0.05, 0.1) is 18.0 Å². The summed E-state index contributed by atoms with van der Waals surface area (Å²) in [6.45, 7) is 2.30. The number of benzene rings is 1. The van der Waals surface area contributed by atoms with Crippen LogP contribution in [0.25, 0.3) is 0 Å². The monoisotopic (exact) mass is 296 g/mol. The number of thioether (sulfide) groups is 1. The second-order valence-electron chi connectivity index (χ2n) is 3.58. The Kier molecular flexibility index (Phi) is 4.02. The van der Waals surface area contributed by atoms with Gasteiger partial charge in [-0.3, -0.25) is 0 Å². The number of terminal acetylenes is 1. The quantitative estimate of drug-likeness (QED) is 0.863. The highest BCUT2D eigenvalue weighted by atomic mass is 32.2. The van der Waals surface area contributed by atoms with Gasteiger partial charge in [0.25, 0.3) is 10.0 Å². The minimum atomic E-state index is -3.71. The highest BCUT2D eigenvalue weighted by Crippen LogP contribution is 2.32. The molecule has 1 N–H and O–H groups in total. The van der Waals surface area contributed by atoms with Gasteiger partial charge in [-0.25, -0.2) is 0 Å². The van der Waals surface area contributed by atoms with Crippen LogP contribution in [-0.2, 0) is 10.0 Å². The van der Waals surface area contributed by atoms with E-state index in [4.69, 9.17) is 11.2 Å². The summed E-state index contributed by atoms with van der Waals surface area (Å²) < 4.78 is 33.1. The summed E-state index contributed by atoms with van der Waals surface area (Å²) in [4.78, 5) is 0.114. The Labute approximate surface area is 116 Å². The second-order valence-corrected chi connectivity index (χ2v) is 6.12. The maximum absolute atomic E-state index is 12.1. The van der Waals surface area contributed by atoms with E-state index in [1.54, 1.807) is 12.1 Å². The van der Waals surface area contributed by atoms with Crippen molar-refractivity contribution >= 4 is 32.6 Å². The van der Waals surface area contributed by atoms with Crippen LogP contribution in [0.2, 0.25) is 0 Å². The minimum absolute atomic E-state index is 0.114. The van der Waals surface area contributed by atoms with Crippen molar-refractivity contribution < 1.29 is 13.2 Å². The summed E-state index contributed by atoms with van der Waals surface area (Å²) in [5, 5.41) is 3.23. The lowest BCUT2D eigenvalue weighted by Crippen LogP contribution is -2.19. The average molecular weight is 296 g/mol. The van der Waals surface area contributed by atoms with Crippen LogP contribution in [0, 0.1) is 12.3 Å². The van der Waals surface area contributed by atoms with Gasteiger partial charge in [0.15, 0.2) is 5.17 Å². The van der Waals surface area contributed by atoms with E-state index in [1.807, 2.05) is 6.92 Å². The zero-order valence-corrected chi connectivity index (χ0v) is 11.8. The molecule has 1 heterocycles. The predicted molar refractivity (Wildman–Crippen MR) is 77.1 cm³/mol. The molecule has 0 amide bonds. The maximum atomic E-state index is 12.1. The summed E-state index contributed by atoms with van der Waals surface area (Å²) in [7, 11) is -3.71. The molecule has 19 heavy (non-hydrogen) atoms. The number of amidine groups is 1. The predicted octanol–water partition coefficient (Wildman–Crippen LogP) is 1.92. The van der Waals surface area contributed by atoms with Crippen LogP contribution in [0.3, 0.4) is 0 Å². The van der Waals surface area contributed by atoms with E-state index < -0.39 is 10.0 Å². The molecule has 0 aliphatic carbocycles. The van der Waals surface area contributed by atoms with Crippen molar-refractivity contribution in [2.24, 2.45) is 4.40 Å². The van der Waals surface area contributed by atoms with E-state index in [9.17, 15) is 8.42 Å². The van der Waals surface area contributed by atoms with E-state index >= 15 is 0 Å². The lowest BCUT2D eigenvalue weighted by atomic mass is 10.3. The molecule has 0 aromatic heterocycles. The number of hydrogen-bond donors (Lipinski definition) is 1. The fraction of sp³-hybridized carbons (Fsp3) is 0.250. The van der Waals surface area contributed by atoms with E-state index in [0.717, 1.165) is 0 Å². The van der Waals surface area contributed by atoms with Crippen molar-refractivity contribution in [3.63, 3.8) is 0 Å². The highest BCUT2D eigenvalue weighted by Gasteiger charge is 2.25. The summed E-state index contributed by atoms with van der Waals surface area (Å²) in [5.74, 6) is 3.28. The number of nitrogens with one attached hydrogen (secondary N) is 1. The first-order valence-electron chi connectivity index (χ1n) is 5.52. The number of rotatable bonds is 3. The van der Waals surface area contributed by atoms with Crippen LogP contribution < -0.4 is 10.1 Å². The van der Waals surface area contributed by atoms with E-state index in [1.165, 1.54) is 17.8 Å². The minimum Gasteiger partial charge on any atom is -0.494 e. The molecule has 1 aliphatic rings. The van der Waals surface area contributed by atoms with Crippen molar-refractivity contribution in [1.82, 2.24) is 0 Å². The molecule has 0 unspecified atom stereocenters. The lowest BCUT2D eigenvalue weighted by Gasteiger charge is -2.17. The molecule has 0 spiro atoms. The number of sulfonamides is 1. The molecular weight excluding hydrogens is 284 g/mol. The average Bonchev–Trinajstić information content (AvgIpc) is 2.37. The van der Waals surface area contributed by atoms with Crippen LogP contribution in [0.4, 0.5) is 5.69 Å². The fourth-order valence-electron chi connectivity index (χ4n) is 1.54. The van der Waals surface area contributed by atoms with Crippen molar-refractivity contribution in [3.05, 3.63) is 18.2 Å². The van der Waals surface area contributed by atoms with E-state index in [-0.39, 0.29) is 10.1 Å². The van der Waals surface area contributed by atoms with Crippen molar-refractivity contribution in [1.29, 1.82) is 0 Å². The molecule has 0 saturated carbocycles. The van der Waals surface area contributed by atoms with Crippen LogP contribution in [-0.4, -0.2) is 25.9 Å². The Balaban J connectivity index is 2.37. The Bertz CT molecular complexity index is 660. The molecule has 1 aromatic rings. The van der Waals surface area contributed by atoms with Gasteiger partial charge in [-0.2, -0.15) is 8.42 Å². The van der Waals surface area contributed by atoms with Gasteiger partial charge in [0.2, 0.25) is 0 Å². The summed E-state index contributed by atoms with van der Waals surface area (Å²) in [6, 6.07) is 4.83. The summed E-state index contributed by atoms with van der Waals surface area (Å²) in [5.41, 5.74) is 0.484. The van der Waals surface area contributed by atoms with Crippen molar-refractivity contribution in [3.8, 4) is 18.1 Å². The molecule has 1 aromatic carbocycles. The second kappa shape index (κ2) is 5.55. The first-order valence-corrected chi connectivity index (χ1v) is 7.94. The number of ether oxygens (including phenoxy) is 1. The highest BCUT2D eigenvalue weighted by molar-refractivity contribution is 8.15. The van der Waals surface area contributed by atoms with Crippen molar-refractivity contribution in [2.45, 2.75) is 11.8 Å². The third-order valence-electron chi connectivity index (χ3n) is 2.28. The standard InChI is InChI=1S/C12H12N2O3S2/c1-3-7-18-12-13-10-6-5-9(17-4-2)8-11(10)19(15,16)14-12/h1,5-6,8H,4,7H2,2H3,(H,13,14). The van der Waals surface area contributed by atoms with Crippen molar-refractivity contribution in [2.75, 3.05) is 17.7 Å². The number of hydrogen-bond acceptors (Lipinski definition) is 5. The Hall–Kier alpha value is -1.65. The first kappa shape index (κ1) is 13.8. The molecule has 1 aliphatic heterocycles. The van der Waals surface area contributed by atoms with Crippen LogP contribution >= 0.6 is 11.8 Å². The van der Waals surface area contributed by atoms with Gasteiger partial charge < -0.3 is 10.1 Å². The molecule has 0 atom stereocenters. The molecule has 0 bridgehead atoms. The van der Waals surface area contributed by atoms with E-state index in [2.05, 4.69) is 15.6 Å². The Morgan fingerprint density at radius 3 is 3.00 bits per heavy atom. The normalized spacial score (nSPS) is 15.7. The van der Waals surface area contributed by atoms with Gasteiger partial charge >= 0.3 is 0 Å². The zero-order valence-electron chi connectivity index (χ0n) is 10.2. The smallest absolute Gasteiger partial charge is 0.286 e. The fourth-order valence-corrected chi connectivity index (χ4v) is 3.48.